The van der Waals surface area contributed by atoms with Crippen LogP contribution in [0.1, 0.15) is 34.8 Å². The Kier molecular flexibility index (Phi) is 5.11. The first-order valence-corrected chi connectivity index (χ1v) is 9.86. The van der Waals surface area contributed by atoms with Crippen LogP contribution in [0.4, 0.5) is 17.1 Å². The van der Waals surface area contributed by atoms with Crippen molar-refractivity contribution >= 4 is 23.0 Å². The number of hydrogen-bond donors (Lipinski definition) is 0. The van der Waals surface area contributed by atoms with Crippen molar-refractivity contribution in [2.24, 2.45) is 0 Å². The van der Waals surface area contributed by atoms with Crippen molar-refractivity contribution in [2.45, 2.75) is 26.7 Å². The van der Waals surface area contributed by atoms with Crippen molar-refractivity contribution in [3.8, 4) is 0 Å². The first-order valence-electron chi connectivity index (χ1n) is 9.86. The Morgan fingerprint density at radius 3 is 2.79 bits per heavy atom. The van der Waals surface area contributed by atoms with Crippen molar-refractivity contribution in [3.63, 3.8) is 0 Å². The van der Waals surface area contributed by atoms with Gasteiger partial charge in [0.15, 0.2) is 0 Å². The highest BCUT2D eigenvalue weighted by molar-refractivity contribution is 6.06. The lowest BCUT2D eigenvalue weighted by atomic mass is 10.0. The molecule has 1 aliphatic rings. The summed E-state index contributed by atoms with van der Waals surface area (Å²) in [5, 5.41) is 0. The molecule has 4 nitrogen and oxygen atoms in total. The third-order valence-corrected chi connectivity index (χ3v) is 5.27. The molecule has 0 bridgehead atoms. The molecule has 1 aliphatic heterocycles. The molecule has 0 unspecified atom stereocenters. The fourth-order valence-electron chi connectivity index (χ4n) is 3.89. The van der Waals surface area contributed by atoms with Crippen LogP contribution in [0.5, 0.6) is 0 Å². The highest BCUT2D eigenvalue weighted by Gasteiger charge is 2.21. The van der Waals surface area contributed by atoms with Crippen LogP contribution in [0.25, 0.3) is 0 Å². The Morgan fingerprint density at radius 2 is 1.96 bits per heavy atom. The number of pyridine rings is 1. The van der Waals surface area contributed by atoms with Crippen LogP contribution in [-0.2, 0) is 6.42 Å². The van der Waals surface area contributed by atoms with E-state index in [2.05, 4.69) is 34.1 Å². The van der Waals surface area contributed by atoms with Crippen molar-refractivity contribution in [1.29, 1.82) is 0 Å². The number of fused-ring (bicyclic) bond motifs is 1. The Bertz CT molecular complexity index is 998. The van der Waals surface area contributed by atoms with Crippen molar-refractivity contribution in [3.05, 3.63) is 83.7 Å². The maximum Gasteiger partial charge on any atom is 0.259 e. The van der Waals surface area contributed by atoms with Crippen LogP contribution < -0.4 is 9.80 Å². The third kappa shape index (κ3) is 3.50. The molecule has 0 saturated carbocycles. The summed E-state index contributed by atoms with van der Waals surface area (Å²) < 4.78 is 0. The first kappa shape index (κ1) is 18.2. The number of aryl methyl sites for hydroxylation is 2. The molecule has 0 fully saturated rings. The molecule has 0 spiro atoms. The Morgan fingerprint density at radius 1 is 1.11 bits per heavy atom. The van der Waals surface area contributed by atoms with E-state index in [1.165, 1.54) is 11.3 Å². The van der Waals surface area contributed by atoms with Crippen molar-refractivity contribution in [1.82, 2.24) is 4.98 Å². The molecule has 0 N–H and O–H groups in total. The van der Waals surface area contributed by atoms with Crippen LogP contribution in [-0.4, -0.2) is 24.0 Å². The predicted molar refractivity (Wildman–Crippen MR) is 115 cm³/mol. The number of carbonyl (C=O) groups is 1. The molecule has 0 atom stereocenters. The van der Waals surface area contributed by atoms with Crippen LogP contribution >= 0.6 is 0 Å². The summed E-state index contributed by atoms with van der Waals surface area (Å²) in [6.07, 6.45) is 5.71. The molecule has 142 valence electrons. The second kappa shape index (κ2) is 7.85. The molecule has 2 aromatic carbocycles. The van der Waals surface area contributed by atoms with Crippen LogP contribution in [0.3, 0.4) is 0 Å². The summed E-state index contributed by atoms with van der Waals surface area (Å²) in [5.41, 5.74) is 6.20. The van der Waals surface area contributed by atoms with Gasteiger partial charge in [0, 0.05) is 30.7 Å². The summed E-state index contributed by atoms with van der Waals surface area (Å²) in [4.78, 5) is 21.7. The van der Waals surface area contributed by atoms with Gasteiger partial charge in [0.05, 0.1) is 17.4 Å². The van der Waals surface area contributed by atoms with Gasteiger partial charge in [-0.15, -0.1) is 0 Å². The van der Waals surface area contributed by atoms with E-state index in [4.69, 9.17) is 0 Å². The zero-order chi connectivity index (χ0) is 19.5. The number of benzene rings is 2. The predicted octanol–water partition coefficient (Wildman–Crippen LogP) is 5.14. The van der Waals surface area contributed by atoms with Gasteiger partial charge >= 0.3 is 0 Å². The van der Waals surface area contributed by atoms with Gasteiger partial charge in [-0.3, -0.25) is 9.78 Å². The van der Waals surface area contributed by atoms with E-state index in [-0.39, 0.29) is 5.91 Å². The average molecular weight is 371 g/mol. The summed E-state index contributed by atoms with van der Waals surface area (Å²) >= 11 is 0. The van der Waals surface area contributed by atoms with Gasteiger partial charge in [0.2, 0.25) is 0 Å². The molecule has 0 radical (unpaired) electrons. The molecule has 4 rings (SSSR count). The number of para-hydroxylation sites is 1. The van der Waals surface area contributed by atoms with Gasteiger partial charge in [-0.05, 0) is 62.1 Å². The normalized spacial score (nSPS) is 13.1. The lowest BCUT2D eigenvalue weighted by Gasteiger charge is -2.31. The maximum absolute atomic E-state index is 13.2. The molecule has 0 aliphatic carbocycles. The zero-order valence-corrected chi connectivity index (χ0v) is 16.4. The van der Waals surface area contributed by atoms with Gasteiger partial charge < -0.3 is 9.80 Å². The molecule has 1 aromatic heterocycles. The summed E-state index contributed by atoms with van der Waals surface area (Å²) in [5.74, 6) is -0.0206. The zero-order valence-electron chi connectivity index (χ0n) is 16.4. The van der Waals surface area contributed by atoms with Gasteiger partial charge in [0.25, 0.3) is 5.91 Å². The topological polar surface area (TPSA) is 36.4 Å². The SMILES string of the molecule is CCN(C(=O)c1cncc(N2CCCc3ccccc32)c1)c1cccc(C)c1. The fourth-order valence-corrected chi connectivity index (χ4v) is 3.89. The van der Waals surface area contributed by atoms with Crippen LogP contribution in [0.15, 0.2) is 67.0 Å². The smallest absolute Gasteiger partial charge is 0.259 e. The second-order valence-electron chi connectivity index (χ2n) is 7.20. The highest BCUT2D eigenvalue weighted by atomic mass is 16.2. The van der Waals surface area contributed by atoms with E-state index in [1.54, 1.807) is 11.1 Å². The van der Waals surface area contributed by atoms with Gasteiger partial charge in [-0.1, -0.05) is 30.3 Å². The van der Waals surface area contributed by atoms with E-state index < -0.39 is 0 Å². The monoisotopic (exact) mass is 371 g/mol. The maximum atomic E-state index is 13.2. The minimum Gasteiger partial charge on any atom is -0.340 e. The summed E-state index contributed by atoms with van der Waals surface area (Å²) in [6, 6.07) is 18.5. The molecular formula is C24H25N3O. The quantitative estimate of drug-likeness (QED) is 0.637. The molecule has 0 saturated heterocycles. The van der Waals surface area contributed by atoms with Gasteiger partial charge in [-0.2, -0.15) is 0 Å². The first-order chi connectivity index (χ1) is 13.7. The Balaban J connectivity index is 1.66. The lowest BCUT2D eigenvalue weighted by Crippen LogP contribution is -2.31. The number of amides is 1. The third-order valence-electron chi connectivity index (χ3n) is 5.27. The fraction of sp³-hybridized carbons (Fsp3) is 0.250. The van der Waals surface area contributed by atoms with E-state index in [1.807, 2.05) is 50.4 Å². The lowest BCUT2D eigenvalue weighted by molar-refractivity contribution is 0.0988. The standard InChI is InChI=1S/C24H25N3O/c1-3-26(21-11-6-8-18(2)14-21)24(28)20-15-22(17-25-16-20)27-13-7-10-19-9-4-5-12-23(19)27/h4-6,8-9,11-12,14-17H,3,7,10,13H2,1-2H3. The summed E-state index contributed by atoms with van der Waals surface area (Å²) in [6.45, 7) is 5.58. The minimum atomic E-state index is -0.0206. The number of aromatic nitrogens is 1. The van der Waals surface area contributed by atoms with E-state index >= 15 is 0 Å². The van der Waals surface area contributed by atoms with Crippen LogP contribution in [0.2, 0.25) is 0 Å². The van der Waals surface area contributed by atoms with E-state index in [0.717, 1.165) is 36.3 Å². The van der Waals surface area contributed by atoms with Gasteiger partial charge in [0.1, 0.15) is 0 Å². The Labute approximate surface area is 166 Å². The average Bonchev–Trinajstić information content (AvgIpc) is 2.74. The van der Waals surface area contributed by atoms with Crippen molar-refractivity contribution in [2.75, 3.05) is 22.9 Å². The molecule has 4 heteroatoms. The summed E-state index contributed by atoms with van der Waals surface area (Å²) in [7, 11) is 0. The number of rotatable bonds is 4. The van der Waals surface area contributed by atoms with Crippen LogP contribution in [0, 0.1) is 6.92 Å². The number of anilines is 3. The molecule has 28 heavy (non-hydrogen) atoms. The van der Waals surface area contributed by atoms with E-state index in [0.29, 0.717) is 12.1 Å². The number of nitrogens with zero attached hydrogens (tertiary/aromatic N) is 3. The molecular weight excluding hydrogens is 346 g/mol. The molecule has 1 amide bonds. The van der Waals surface area contributed by atoms with Gasteiger partial charge in [-0.25, -0.2) is 0 Å². The van der Waals surface area contributed by atoms with Crippen molar-refractivity contribution < 1.29 is 4.79 Å². The minimum absolute atomic E-state index is 0.0206. The van der Waals surface area contributed by atoms with E-state index in [9.17, 15) is 4.79 Å². The second-order valence-corrected chi connectivity index (χ2v) is 7.20. The Hall–Kier alpha value is -3.14. The highest BCUT2D eigenvalue weighted by Crippen LogP contribution is 2.33. The number of carbonyl (C=O) groups excluding carboxylic acids is 1. The number of hydrogen-bond acceptors (Lipinski definition) is 3. The largest absolute Gasteiger partial charge is 0.340 e. The molecule has 2 heterocycles. The molecule has 3 aromatic rings.